The van der Waals surface area contributed by atoms with Gasteiger partial charge in [-0.3, -0.25) is 0 Å². The van der Waals surface area contributed by atoms with E-state index in [4.69, 9.17) is 16.3 Å². The molecule has 0 atom stereocenters. The van der Waals surface area contributed by atoms with Gasteiger partial charge in [-0.25, -0.2) is 9.97 Å². The third-order valence-corrected chi connectivity index (χ3v) is 4.07. The van der Waals surface area contributed by atoms with Crippen molar-refractivity contribution in [1.82, 2.24) is 9.97 Å². The molecule has 0 fully saturated rings. The highest BCUT2D eigenvalue weighted by Gasteiger charge is 2.04. The van der Waals surface area contributed by atoms with Crippen molar-refractivity contribution in [3.8, 4) is 5.75 Å². The fourth-order valence-electron chi connectivity index (χ4n) is 2.56. The Morgan fingerprint density at radius 3 is 2.54 bits per heavy atom. The topological polar surface area (TPSA) is 59.1 Å². The van der Waals surface area contributed by atoms with Gasteiger partial charge in [-0.1, -0.05) is 29.8 Å². The smallest absolute Gasteiger partial charge is 0.136 e. The summed E-state index contributed by atoms with van der Waals surface area (Å²) in [7, 11) is 1.65. The Morgan fingerprint density at radius 1 is 1.00 bits per heavy atom. The number of hydrogen-bond donors (Lipinski definition) is 2. The number of rotatable bonds is 7. The molecule has 2 N–H and O–H groups in total. The lowest BCUT2D eigenvalue weighted by atomic mass is 10.1. The molecule has 0 aliphatic carbocycles. The van der Waals surface area contributed by atoms with Gasteiger partial charge in [0.2, 0.25) is 0 Å². The van der Waals surface area contributed by atoms with Gasteiger partial charge in [-0.15, -0.1) is 0 Å². The van der Waals surface area contributed by atoms with Gasteiger partial charge in [0.1, 0.15) is 23.2 Å². The molecule has 6 heteroatoms. The highest BCUT2D eigenvalue weighted by atomic mass is 35.5. The Hall–Kier alpha value is -2.79. The number of nitrogens with one attached hydrogen (secondary N) is 2. The van der Waals surface area contributed by atoms with Crippen LogP contribution in [-0.4, -0.2) is 23.6 Å². The molecule has 0 spiro atoms. The van der Waals surface area contributed by atoms with E-state index in [9.17, 15) is 0 Å². The van der Waals surface area contributed by atoms with Crippen LogP contribution in [0.15, 0.2) is 54.6 Å². The van der Waals surface area contributed by atoms with Gasteiger partial charge in [-0.05, 0) is 43.2 Å². The number of hydrogen-bond acceptors (Lipinski definition) is 5. The van der Waals surface area contributed by atoms with E-state index in [1.165, 1.54) is 5.56 Å². The van der Waals surface area contributed by atoms with Gasteiger partial charge in [0, 0.05) is 29.4 Å². The standard InChI is InChI=1S/C20H21ClN4O/c1-14-23-19(22-11-10-15-6-8-16(21)9-7-15)13-20(24-14)25-17-4-3-5-18(12-17)26-2/h3-9,12-13H,10-11H2,1-2H3,(H2,22,23,24,25). The molecule has 1 aromatic heterocycles. The second-order valence-electron chi connectivity index (χ2n) is 5.85. The zero-order chi connectivity index (χ0) is 18.4. The Morgan fingerprint density at radius 2 is 1.77 bits per heavy atom. The predicted molar refractivity (Wildman–Crippen MR) is 107 cm³/mol. The van der Waals surface area contributed by atoms with Crippen LogP contribution >= 0.6 is 11.6 Å². The molecule has 3 rings (SSSR count). The Kier molecular flexibility index (Phi) is 5.92. The van der Waals surface area contributed by atoms with E-state index >= 15 is 0 Å². The van der Waals surface area contributed by atoms with Crippen LogP contribution in [0.4, 0.5) is 17.3 Å². The van der Waals surface area contributed by atoms with Crippen molar-refractivity contribution in [2.45, 2.75) is 13.3 Å². The average Bonchev–Trinajstić information content (AvgIpc) is 2.63. The van der Waals surface area contributed by atoms with Crippen molar-refractivity contribution < 1.29 is 4.74 Å². The lowest BCUT2D eigenvalue weighted by Crippen LogP contribution is -2.08. The molecule has 0 unspecified atom stereocenters. The van der Waals surface area contributed by atoms with Crippen LogP contribution in [0.3, 0.4) is 0 Å². The lowest BCUT2D eigenvalue weighted by molar-refractivity contribution is 0.415. The van der Waals surface area contributed by atoms with Gasteiger partial charge >= 0.3 is 0 Å². The molecule has 1 heterocycles. The minimum absolute atomic E-state index is 0.701. The summed E-state index contributed by atoms with van der Waals surface area (Å²) in [4.78, 5) is 8.89. The summed E-state index contributed by atoms with van der Waals surface area (Å²) in [6, 6.07) is 17.5. The first kappa shape index (κ1) is 18.0. The maximum absolute atomic E-state index is 5.91. The predicted octanol–water partition coefficient (Wildman–Crippen LogP) is 4.85. The average molecular weight is 369 g/mol. The van der Waals surface area contributed by atoms with Crippen molar-refractivity contribution in [3.05, 3.63) is 71.0 Å². The molecular weight excluding hydrogens is 348 g/mol. The van der Waals surface area contributed by atoms with Crippen LogP contribution in [0.25, 0.3) is 0 Å². The number of aryl methyl sites for hydroxylation is 1. The molecule has 0 saturated carbocycles. The van der Waals surface area contributed by atoms with Crippen LogP contribution in [-0.2, 0) is 6.42 Å². The summed E-state index contributed by atoms with van der Waals surface area (Å²) < 4.78 is 5.25. The van der Waals surface area contributed by atoms with E-state index in [2.05, 4.69) is 20.6 Å². The molecule has 0 aliphatic heterocycles. The highest BCUT2D eigenvalue weighted by Crippen LogP contribution is 2.21. The van der Waals surface area contributed by atoms with E-state index in [1.54, 1.807) is 7.11 Å². The number of benzene rings is 2. The van der Waals surface area contributed by atoms with E-state index in [0.29, 0.717) is 5.82 Å². The monoisotopic (exact) mass is 368 g/mol. The van der Waals surface area contributed by atoms with Crippen LogP contribution in [0, 0.1) is 6.92 Å². The van der Waals surface area contributed by atoms with Crippen molar-refractivity contribution in [2.75, 3.05) is 24.3 Å². The fraction of sp³-hybridized carbons (Fsp3) is 0.200. The van der Waals surface area contributed by atoms with E-state index in [0.717, 1.165) is 41.1 Å². The van der Waals surface area contributed by atoms with Crippen LogP contribution in [0.1, 0.15) is 11.4 Å². The first-order chi connectivity index (χ1) is 12.6. The van der Waals surface area contributed by atoms with Crippen molar-refractivity contribution in [2.24, 2.45) is 0 Å². The fourth-order valence-corrected chi connectivity index (χ4v) is 2.68. The number of aromatic nitrogens is 2. The largest absolute Gasteiger partial charge is 0.497 e. The minimum Gasteiger partial charge on any atom is -0.497 e. The second kappa shape index (κ2) is 8.54. The van der Waals surface area contributed by atoms with Crippen molar-refractivity contribution >= 4 is 28.9 Å². The van der Waals surface area contributed by atoms with Gasteiger partial charge < -0.3 is 15.4 Å². The van der Waals surface area contributed by atoms with Gasteiger partial charge in [0.15, 0.2) is 0 Å². The molecule has 0 amide bonds. The molecule has 5 nitrogen and oxygen atoms in total. The second-order valence-corrected chi connectivity index (χ2v) is 6.28. The first-order valence-corrected chi connectivity index (χ1v) is 8.75. The molecule has 0 radical (unpaired) electrons. The molecular formula is C20H21ClN4O. The van der Waals surface area contributed by atoms with E-state index in [-0.39, 0.29) is 0 Å². The van der Waals surface area contributed by atoms with E-state index in [1.807, 2.05) is 61.5 Å². The first-order valence-electron chi connectivity index (χ1n) is 8.37. The summed E-state index contributed by atoms with van der Waals surface area (Å²) in [5.41, 5.74) is 2.14. The molecule has 0 saturated heterocycles. The number of nitrogens with zero attached hydrogens (tertiary/aromatic N) is 2. The lowest BCUT2D eigenvalue weighted by Gasteiger charge is -2.11. The zero-order valence-corrected chi connectivity index (χ0v) is 15.5. The van der Waals surface area contributed by atoms with Gasteiger partial charge in [0.25, 0.3) is 0 Å². The Bertz CT molecular complexity index is 868. The molecule has 3 aromatic rings. The van der Waals surface area contributed by atoms with Crippen molar-refractivity contribution in [1.29, 1.82) is 0 Å². The maximum atomic E-state index is 5.91. The quantitative estimate of drug-likeness (QED) is 0.624. The third-order valence-electron chi connectivity index (χ3n) is 3.81. The summed E-state index contributed by atoms with van der Waals surface area (Å²) in [5, 5.41) is 7.39. The van der Waals surface area contributed by atoms with Crippen molar-refractivity contribution in [3.63, 3.8) is 0 Å². The Balaban J connectivity index is 1.64. The number of halogens is 1. The zero-order valence-electron chi connectivity index (χ0n) is 14.8. The van der Waals surface area contributed by atoms with Crippen LogP contribution in [0.2, 0.25) is 5.02 Å². The Labute approximate surface area is 158 Å². The number of anilines is 3. The molecule has 26 heavy (non-hydrogen) atoms. The molecule has 2 aromatic carbocycles. The van der Waals surface area contributed by atoms with Crippen LogP contribution in [0.5, 0.6) is 5.75 Å². The molecule has 0 aliphatic rings. The normalized spacial score (nSPS) is 10.4. The molecule has 0 bridgehead atoms. The summed E-state index contributed by atoms with van der Waals surface area (Å²) in [6.07, 6.45) is 0.888. The van der Waals surface area contributed by atoms with Gasteiger partial charge in [-0.2, -0.15) is 0 Å². The third kappa shape index (κ3) is 5.10. The SMILES string of the molecule is COc1cccc(Nc2cc(NCCc3ccc(Cl)cc3)nc(C)n2)c1. The molecule has 134 valence electrons. The maximum Gasteiger partial charge on any atom is 0.136 e. The van der Waals surface area contributed by atoms with Crippen LogP contribution < -0.4 is 15.4 Å². The summed E-state index contributed by atoms with van der Waals surface area (Å²) in [5.74, 6) is 3.02. The number of methoxy groups -OCH3 is 1. The number of ether oxygens (including phenoxy) is 1. The van der Waals surface area contributed by atoms with E-state index < -0.39 is 0 Å². The summed E-state index contributed by atoms with van der Waals surface area (Å²) in [6.45, 7) is 2.65. The minimum atomic E-state index is 0.701. The highest BCUT2D eigenvalue weighted by molar-refractivity contribution is 6.30. The summed E-state index contributed by atoms with van der Waals surface area (Å²) >= 11 is 5.91. The van der Waals surface area contributed by atoms with Gasteiger partial charge in [0.05, 0.1) is 7.11 Å².